The van der Waals surface area contributed by atoms with E-state index in [1.54, 1.807) is 6.07 Å². The number of rotatable bonds is 2. The summed E-state index contributed by atoms with van der Waals surface area (Å²) in [7, 11) is 0. The smallest absolute Gasteiger partial charge is 0.133 e. The number of carbonyl (C=O) groups excluding carboxylic acids is 1. The first-order chi connectivity index (χ1) is 10.6. The van der Waals surface area contributed by atoms with E-state index in [2.05, 4.69) is 17.5 Å². The minimum Gasteiger partial charge on any atom is -0.508 e. The van der Waals surface area contributed by atoms with Crippen molar-refractivity contribution in [1.82, 2.24) is 4.90 Å². The fraction of sp³-hybridized carbons (Fsp3) is 0.526. The number of phenolic OH excluding ortho intramolecular Hbond substituents is 1. The lowest BCUT2D eigenvalue weighted by molar-refractivity contribution is -0.127. The summed E-state index contributed by atoms with van der Waals surface area (Å²) in [5, 5.41) is 9.97. The van der Waals surface area contributed by atoms with Crippen LogP contribution in [0.4, 0.5) is 0 Å². The molecule has 1 saturated heterocycles. The molecule has 1 aromatic rings. The number of hydrogen-bond acceptors (Lipinski definition) is 3. The Balaban J connectivity index is 0.00000156. The lowest BCUT2D eigenvalue weighted by Gasteiger charge is -2.58. The Labute approximate surface area is 143 Å². The molecule has 0 amide bonds. The van der Waals surface area contributed by atoms with Gasteiger partial charge in [-0.15, -0.1) is 19.0 Å². The summed E-state index contributed by atoms with van der Waals surface area (Å²) in [5.74, 6) is 1.26. The van der Waals surface area contributed by atoms with Gasteiger partial charge in [-0.25, -0.2) is 0 Å². The highest BCUT2D eigenvalue weighted by molar-refractivity contribution is 5.85. The van der Waals surface area contributed by atoms with Crippen molar-refractivity contribution in [2.75, 3.05) is 13.1 Å². The maximum absolute atomic E-state index is 12.2. The normalized spacial score (nSPS) is 32.4. The Hall–Kier alpha value is -1.32. The predicted octanol–water partition coefficient (Wildman–Crippen LogP) is 3.24. The molecule has 23 heavy (non-hydrogen) atoms. The van der Waals surface area contributed by atoms with Gasteiger partial charge in [0.15, 0.2) is 0 Å². The third kappa shape index (κ3) is 2.41. The highest BCUT2D eigenvalue weighted by atomic mass is 35.5. The Morgan fingerprint density at radius 1 is 1.43 bits per heavy atom. The van der Waals surface area contributed by atoms with Gasteiger partial charge < -0.3 is 5.11 Å². The largest absolute Gasteiger partial charge is 0.508 e. The van der Waals surface area contributed by atoms with E-state index in [0.29, 0.717) is 29.9 Å². The molecule has 124 valence electrons. The van der Waals surface area contributed by atoms with E-state index in [9.17, 15) is 9.90 Å². The molecule has 0 spiro atoms. The number of nitrogens with zero attached hydrogens (tertiary/aromatic N) is 1. The number of hydrogen-bond donors (Lipinski definition) is 1. The number of carbonyl (C=O) groups is 1. The minimum absolute atomic E-state index is 0. The maximum Gasteiger partial charge on any atom is 0.133 e. The molecule has 2 bridgehead atoms. The number of benzene rings is 1. The zero-order valence-electron chi connectivity index (χ0n) is 13.3. The zero-order chi connectivity index (χ0) is 15.3. The number of piperidine rings is 1. The monoisotopic (exact) mass is 333 g/mol. The number of halogens is 1. The number of ketones is 1. The summed E-state index contributed by atoms with van der Waals surface area (Å²) in [6.45, 7) is 5.85. The average Bonchev–Trinajstić information content (AvgIpc) is 2.50. The molecule has 0 radical (unpaired) electrons. The fourth-order valence-corrected chi connectivity index (χ4v) is 5.29. The second-order valence-electron chi connectivity index (χ2n) is 7.16. The van der Waals surface area contributed by atoms with Crippen molar-refractivity contribution in [2.24, 2.45) is 5.92 Å². The van der Waals surface area contributed by atoms with Gasteiger partial charge in [-0.1, -0.05) is 12.1 Å². The Morgan fingerprint density at radius 2 is 2.26 bits per heavy atom. The topological polar surface area (TPSA) is 40.5 Å². The predicted molar refractivity (Wildman–Crippen MR) is 93.3 cm³/mol. The third-order valence-electron chi connectivity index (χ3n) is 6.16. The molecule has 1 saturated carbocycles. The van der Waals surface area contributed by atoms with Crippen LogP contribution in [-0.2, 0) is 16.6 Å². The second kappa shape index (κ2) is 5.95. The van der Waals surface area contributed by atoms with Crippen molar-refractivity contribution in [3.8, 4) is 5.75 Å². The van der Waals surface area contributed by atoms with Crippen LogP contribution < -0.4 is 0 Å². The molecule has 1 N–H and O–H groups in total. The van der Waals surface area contributed by atoms with Gasteiger partial charge in [-0.2, -0.15) is 0 Å². The molecular formula is C19H24ClNO2. The molecule has 2 fully saturated rings. The SMILES string of the molecule is C=CCN1CC[C@]23CC(=O)CC[C@H]2[C@@H]1Cc1ccc(O)cc13.Cl. The molecule has 1 aromatic carbocycles. The molecule has 0 unspecified atom stereocenters. The molecule has 0 aromatic heterocycles. The van der Waals surface area contributed by atoms with E-state index < -0.39 is 0 Å². The molecule has 2 aliphatic carbocycles. The lowest BCUT2D eigenvalue weighted by atomic mass is 9.52. The van der Waals surface area contributed by atoms with Crippen molar-refractivity contribution < 1.29 is 9.90 Å². The van der Waals surface area contributed by atoms with Crippen molar-refractivity contribution in [1.29, 1.82) is 0 Å². The zero-order valence-corrected chi connectivity index (χ0v) is 14.1. The van der Waals surface area contributed by atoms with Crippen molar-refractivity contribution >= 4 is 18.2 Å². The van der Waals surface area contributed by atoms with Gasteiger partial charge in [0.05, 0.1) is 0 Å². The molecule has 1 aliphatic heterocycles. The molecule has 3 atom stereocenters. The summed E-state index contributed by atoms with van der Waals surface area (Å²) in [5.41, 5.74) is 2.53. The van der Waals surface area contributed by atoms with E-state index >= 15 is 0 Å². The van der Waals surface area contributed by atoms with Crippen molar-refractivity contribution in [2.45, 2.75) is 43.6 Å². The summed E-state index contributed by atoms with van der Waals surface area (Å²) >= 11 is 0. The number of likely N-dealkylation sites (tertiary alicyclic amines) is 1. The summed E-state index contributed by atoms with van der Waals surface area (Å²) in [6, 6.07) is 6.29. The second-order valence-corrected chi connectivity index (χ2v) is 7.16. The van der Waals surface area contributed by atoms with Gasteiger partial charge >= 0.3 is 0 Å². The van der Waals surface area contributed by atoms with Gasteiger partial charge in [0.2, 0.25) is 0 Å². The number of phenols is 1. The van der Waals surface area contributed by atoms with Crippen LogP contribution in [0.1, 0.15) is 36.8 Å². The van der Waals surface area contributed by atoms with Gasteiger partial charge in [-0.3, -0.25) is 9.69 Å². The number of aromatic hydroxyl groups is 1. The van der Waals surface area contributed by atoms with E-state index in [-0.39, 0.29) is 17.8 Å². The highest BCUT2D eigenvalue weighted by Gasteiger charge is 2.55. The van der Waals surface area contributed by atoms with Gasteiger partial charge in [-0.05, 0) is 55.0 Å². The molecule has 1 heterocycles. The minimum atomic E-state index is -0.0377. The van der Waals surface area contributed by atoms with Crippen LogP contribution in [0, 0.1) is 5.92 Å². The molecule has 3 nitrogen and oxygen atoms in total. The first kappa shape index (κ1) is 16.5. The number of fused-ring (bicyclic) bond motifs is 1. The molecule has 3 aliphatic rings. The van der Waals surface area contributed by atoms with Crippen LogP contribution >= 0.6 is 12.4 Å². The Morgan fingerprint density at radius 3 is 3.04 bits per heavy atom. The maximum atomic E-state index is 12.2. The van der Waals surface area contributed by atoms with E-state index in [4.69, 9.17) is 0 Å². The lowest BCUT2D eigenvalue weighted by Crippen LogP contribution is -2.61. The molecule has 4 rings (SSSR count). The van der Waals surface area contributed by atoms with Crippen LogP contribution in [0.25, 0.3) is 0 Å². The van der Waals surface area contributed by atoms with E-state index in [0.717, 1.165) is 38.8 Å². The van der Waals surface area contributed by atoms with Gasteiger partial charge in [0, 0.05) is 30.8 Å². The Kier molecular flexibility index (Phi) is 4.28. The summed E-state index contributed by atoms with van der Waals surface area (Å²) < 4.78 is 0. The quantitative estimate of drug-likeness (QED) is 0.845. The van der Waals surface area contributed by atoms with Crippen molar-refractivity contribution in [3.63, 3.8) is 0 Å². The first-order valence-electron chi connectivity index (χ1n) is 8.33. The van der Waals surface area contributed by atoms with Crippen LogP contribution in [0.5, 0.6) is 5.75 Å². The van der Waals surface area contributed by atoms with Crippen LogP contribution in [0.15, 0.2) is 30.9 Å². The van der Waals surface area contributed by atoms with E-state index in [1.807, 2.05) is 12.1 Å². The number of Topliss-reactive ketones (excluding diaryl/α,β-unsaturated/α-hetero) is 1. The van der Waals surface area contributed by atoms with Crippen LogP contribution in [0.2, 0.25) is 0 Å². The van der Waals surface area contributed by atoms with Gasteiger partial charge in [0.1, 0.15) is 11.5 Å². The fourth-order valence-electron chi connectivity index (χ4n) is 5.29. The molecular weight excluding hydrogens is 310 g/mol. The third-order valence-corrected chi connectivity index (χ3v) is 6.16. The average molecular weight is 334 g/mol. The van der Waals surface area contributed by atoms with Crippen molar-refractivity contribution in [3.05, 3.63) is 42.0 Å². The molecule has 4 heteroatoms. The Bertz CT molecular complexity index is 644. The van der Waals surface area contributed by atoms with E-state index in [1.165, 1.54) is 11.1 Å². The summed E-state index contributed by atoms with van der Waals surface area (Å²) in [6.07, 6.45) is 6.42. The standard InChI is InChI=1S/C19H23NO2.ClH/c1-2-8-20-9-7-19-12-15(22)5-6-16(19)18(20)10-13-3-4-14(21)11-17(13)19;/h2-4,11,16,18,21H,1,5-10,12H2;1H/t16-,18-,19-;/m0./s1. The first-order valence-corrected chi connectivity index (χ1v) is 8.33. The van der Waals surface area contributed by atoms with Crippen LogP contribution in [-0.4, -0.2) is 34.9 Å². The van der Waals surface area contributed by atoms with Gasteiger partial charge in [0.25, 0.3) is 0 Å². The van der Waals surface area contributed by atoms with Crippen LogP contribution in [0.3, 0.4) is 0 Å². The summed E-state index contributed by atoms with van der Waals surface area (Å²) in [4.78, 5) is 14.8. The highest BCUT2D eigenvalue weighted by Crippen LogP contribution is 2.55.